The summed E-state index contributed by atoms with van der Waals surface area (Å²) in [4.78, 5) is 11.3. The first-order valence-electron chi connectivity index (χ1n) is 21.3. The predicted octanol–water partition coefficient (Wildman–Crippen LogP) is 11.7. The van der Waals surface area contributed by atoms with E-state index >= 15 is 0 Å². The molecule has 304 valence electrons. The molecule has 3 aromatic heterocycles. The van der Waals surface area contributed by atoms with Crippen LogP contribution in [0, 0.1) is 26.2 Å². The molecule has 0 amide bonds. The smallest absolute Gasteiger partial charge is 0.202 e. The van der Waals surface area contributed by atoms with Crippen molar-refractivity contribution < 1.29 is 14.4 Å². The Kier molecular flexibility index (Phi) is 9.62. The molecule has 4 heterocycles. The molecule has 63 heavy (non-hydrogen) atoms. The van der Waals surface area contributed by atoms with Crippen LogP contribution in [0.4, 0.5) is 28.4 Å². The fraction of sp³-hybridized carbons (Fsp3) is 0.0714. The number of pyridine rings is 2. The van der Waals surface area contributed by atoms with E-state index in [0.29, 0.717) is 6.67 Å². The molecule has 7 heteroatoms. The number of fused-ring (bicyclic) bond motifs is 4. The average Bonchev–Trinajstić information content (AvgIpc) is 3.88. The molecular weight excluding hydrogens is 773 g/mol. The Morgan fingerprint density at radius 3 is 1.83 bits per heavy atom. The zero-order chi connectivity index (χ0) is 42.3. The molecule has 0 fully saturated rings. The summed E-state index contributed by atoms with van der Waals surface area (Å²) in [5.41, 5.74) is 15.5. The SMILES string of the molecule is Cc1ccc(NC(c2ccc(C)cc2)n2c3[c-][n+](O[n+]4[c-]c(N5CN(c6c(-c7ccccc7)cccc6-c6ccccc6)c6ccccc65)ccc4)ccc3c3ccccc32)cc1. The summed E-state index contributed by atoms with van der Waals surface area (Å²) in [7, 11) is 0. The molecule has 0 aliphatic carbocycles. The van der Waals surface area contributed by atoms with E-state index in [1.165, 1.54) is 33.4 Å². The Balaban J connectivity index is 0.974. The van der Waals surface area contributed by atoms with E-state index in [1.54, 1.807) is 9.46 Å². The first kappa shape index (κ1) is 37.8. The lowest BCUT2D eigenvalue weighted by molar-refractivity contribution is -1.16. The fourth-order valence-electron chi connectivity index (χ4n) is 8.86. The van der Waals surface area contributed by atoms with Crippen LogP contribution in [0.2, 0.25) is 0 Å². The van der Waals surface area contributed by atoms with Crippen molar-refractivity contribution in [2.45, 2.75) is 20.0 Å². The molecule has 1 aliphatic heterocycles. The molecule has 0 radical (unpaired) electrons. The van der Waals surface area contributed by atoms with Gasteiger partial charge in [-0.3, -0.25) is 0 Å². The van der Waals surface area contributed by atoms with Gasteiger partial charge >= 0.3 is 0 Å². The summed E-state index contributed by atoms with van der Waals surface area (Å²) in [5.74, 6) is 0. The third-order valence-corrected chi connectivity index (χ3v) is 11.9. The van der Waals surface area contributed by atoms with Crippen molar-refractivity contribution >= 4 is 50.2 Å². The molecule has 7 aromatic carbocycles. The molecule has 1 N–H and O–H groups in total. The van der Waals surface area contributed by atoms with Crippen LogP contribution in [0.3, 0.4) is 0 Å². The van der Waals surface area contributed by atoms with Gasteiger partial charge in [-0.25, -0.2) is 0 Å². The molecule has 0 spiro atoms. The van der Waals surface area contributed by atoms with E-state index in [9.17, 15) is 0 Å². The molecule has 1 unspecified atom stereocenters. The van der Waals surface area contributed by atoms with Crippen LogP contribution in [0.15, 0.2) is 207 Å². The number of nitrogens with zero attached hydrogens (tertiary/aromatic N) is 5. The normalized spacial score (nSPS) is 12.7. The van der Waals surface area contributed by atoms with Crippen LogP contribution in [0.25, 0.3) is 44.1 Å². The molecule has 1 aliphatic rings. The third kappa shape index (κ3) is 7.09. The second-order valence-electron chi connectivity index (χ2n) is 16.1. The van der Waals surface area contributed by atoms with Gasteiger partial charge in [0, 0.05) is 33.5 Å². The van der Waals surface area contributed by atoms with E-state index in [2.05, 4.69) is 234 Å². The molecule has 7 nitrogen and oxygen atoms in total. The van der Waals surface area contributed by atoms with Crippen LogP contribution in [-0.4, -0.2) is 11.2 Å². The van der Waals surface area contributed by atoms with Crippen LogP contribution in [0.5, 0.6) is 0 Å². The highest BCUT2D eigenvalue weighted by Gasteiger charge is 2.31. The minimum absolute atomic E-state index is 0.238. The lowest BCUT2D eigenvalue weighted by atomic mass is 9.95. The van der Waals surface area contributed by atoms with Crippen LogP contribution in [0.1, 0.15) is 22.9 Å². The molecule has 0 saturated carbocycles. The number of aryl methyl sites for hydroxylation is 2. The van der Waals surface area contributed by atoms with Gasteiger partial charge in [-0.2, -0.15) is 0 Å². The van der Waals surface area contributed by atoms with E-state index in [-0.39, 0.29) is 6.17 Å². The third-order valence-electron chi connectivity index (χ3n) is 11.9. The second kappa shape index (κ2) is 16.0. The Morgan fingerprint density at radius 1 is 0.524 bits per heavy atom. The van der Waals surface area contributed by atoms with Crippen molar-refractivity contribution in [3.8, 4) is 22.3 Å². The van der Waals surface area contributed by atoms with Crippen molar-refractivity contribution in [1.82, 2.24) is 4.57 Å². The first-order valence-corrected chi connectivity index (χ1v) is 21.3. The van der Waals surface area contributed by atoms with Gasteiger partial charge in [0.2, 0.25) is 12.4 Å². The summed E-state index contributed by atoms with van der Waals surface area (Å²) < 4.78 is 5.60. The number of nitrogens with one attached hydrogen (secondary N) is 1. The van der Waals surface area contributed by atoms with Gasteiger partial charge in [0.15, 0.2) is 0 Å². The predicted molar refractivity (Wildman–Crippen MR) is 253 cm³/mol. The zero-order valence-electron chi connectivity index (χ0n) is 35.1. The van der Waals surface area contributed by atoms with Gasteiger partial charge in [-0.05, 0) is 80.7 Å². The number of hydrogen-bond donors (Lipinski definition) is 1. The Hall–Kier alpha value is -8.16. The summed E-state index contributed by atoms with van der Waals surface area (Å²) in [6, 6.07) is 68.5. The maximum absolute atomic E-state index is 6.57. The highest BCUT2D eigenvalue weighted by molar-refractivity contribution is 6.07. The number of para-hydroxylation sites is 4. The lowest BCUT2D eigenvalue weighted by Gasteiger charge is -2.27. The Labute approximate surface area is 367 Å². The molecular formula is C56H44N6O. The highest BCUT2D eigenvalue weighted by Crippen LogP contribution is 2.49. The number of benzene rings is 7. The van der Waals surface area contributed by atoms with Crippen LogP contribution in [-0.2, 0) is 0 Å². The first-order chi connectivity index (χ1) is 31.1. The number of rotatable bonds is 10. The van der Waals surface area contributed by atoms with Crippen molar-refractivity contribution in [3.05, 3.63) is 236 Å². The van der Waals surface area contributed by atoms with Crippen molar-refractivity contribution in [2.75, 3.05) is 21.8 Å². The number of hydrogen-bond acceptors (Lipinski definition) is 4. The second-order valence-corrected chi connectivity index (χ2v) is 16.1. The van der Waals surface area contributed by atoms with Gasteiger partial charge in [-0.1, -0.05) is 168 Å². The van der Waals surface area contributed by atoms with Gasteiger partial charge in [-0.15, -0.1) is 12.1 Å². The number of anilines is 5. The molecule has 11 rings (SSSR count). The van der Waals surface area contributed by atoms with Crippen LogP contribution >= 0.6 is 0 Å². The van der Waals surface area contributed by atoms with Gasteiger partial charge < -0.3 is 19.7 Å². The Bertz CT molecular complexity index is 3180. The largest absolute Gasteiger partial charge is 0.361 e. The molecule has 10 aromatic rings. The fourth-order valence-corrected chi connectivity index (χ4v) is 8.86. The lowest BCUT2D eigenvalue weighted by Crippen LogP contribution is -2.60. The summed E-state index contributed by atoms with van der Waals surface area (Å²) >= 11 is 0. The van der Waals surface area contributed by atoms with E-state index < -0.39 is 0 Å². The van der Waals surface area contributed by atoms with E-state index in [0.717, 1.165) is 55.8 Å². The van der Waals surface area contributed by atoms with E-state index in [4.69, 9.17) is 4.94 Å². The molecule has 0 bridgehead atoms. The van der Waals surface area contributed by atoms with Crippen molar-refractivity contribution in [1.29, 1.82) is 0 Å². The van der Waals surface area contributed by atoms with Gasteiger partial charge in [0.1, 0.15) is 18.6 Å². The molecule has 0 saturated heterocycles. The highest BCUT2D eigenvalue weighted by atomic mass is 16.8. The standard InChI is InChI=1S/C56H44N6O/c1-40-26-30-44(31-27-40)56(57-45-32-28-41(2)29-33-45)62-51-23-10-9-20-49(51)50-34-36-59(38-54(50)62)63-58-35-14-19-46(37-58)60-39-61(53-25-12-11-24-52(53)60)55-47(42-15-5-3-6-16-42)21-13-22-48(55)43-17-7-4-8-18-43/h3-36,56-57H,39H2,1-2H3. The van der Waals surface area contributed by atoms with Crippen molar-refractivity contribution in [3.63, 3.8) is 0 Å². The van der Waals surface area contributed by atoms with E-state index in [1.807, 2.05) is 18.5 Å². The van der Waals surface area contributed by atoms with Crippen molar-refractivity contribution in [2.24, 2.45) is 0 Å². The maximum atomic E-state index is 6.57. The van der Waals surface area contributed by atoms with Crippen LogP contribution < -0.4 is 29.5 Å². The quantitative estimate of drug-likeness (QED) is 0.110. The minimum Gasteiger partial charge on any atom is -0.361 e. The Morgan fingerprint density at radius 2 is 1.13 bits per heavy atom. The van der Waals surface area contributed by atoms with Gasteiger partial charge in [0.05, 0.1) is 23.7 Å². The minimum atomic E-state index is -0.238. The van der Waals surface area contributed by atoms with Gasteiger partial charge in [0.25, 0.3) is 0 Å². The maximum Gasteiger partial charge on any atom is 0.202 e. The zero-order valence-corrected chi connectivity index (χ0v) is 35.1. The monoisotopic (exact) mass is 816 g/mol. The summed E-state index contributed by atoms with van der Waals surface area (Å²) in [6.07, 6.45) is 10.7. The average molecular weight is 817 g/mol. The number of aromatic nitrogens is 3. The summed E-state index contributed by atoms with van der Waals surface area (Å²) in [5, 5.41) is 6.08. The molecule has 1 atom stereocenters. The summed E-state index contributed by atoms with van der Waals surface area (Å²) in [6.45, 7) is 4.80. The topological polar surface area (TPSA) is 40.4 Å².